The van der Waals surface area contributed by atoms with Gasteiger partial charge in [0.15, 0.2) is 0 Å². The number of hydrogen-bond acceptors (Lipinski definition) is 2. The molecule has 1 heterocycles. The van der Waals surface area contributed by atoms with Gasteiger partial charge in [-0.25, -0.2) is 0 Å². The molecule has 1 rings (SSSR count). The zero-order chi connectivity index (χ0) is 16.0. The van der Waals surface area contributed by atoms with Gasteiger partial charge in [-0.2, -0.15) is 0 Å². The molecule has 0 radical (unpaired) electrons. The maximum Gasteiger partial charge on any atom is 0.323 e. The quantitative estimate of drug-likeness (QED) is 0.802. The van der Waals surface area contributed by atoms with Gasteiger partial charge in [0.1, 0.15) is 12.2 Å². The lowest BCUT2D eigenvalue weighted by Crippen LogP contribution is -2.42. The van der Waals surface area contributed by atoms with Crippen molar-refractivity contribution in [1.82, 2.24) is 9.47 Å². The van der Waals surface area contributed by atoms with Crippen LogP contribution in [0.25, 0.3) is 0 Å². The monoisotopic (exact) mass is 294 g/mol. The van der Waals surface area contributed by atoms with Crippen LogP contribution in [0, 0.1) is 5.92 Å². The van der Waals surface area contributed by atoms with Crippen LogP contribution in [0.1, 0.15) is 51.0 Å². The molecule has 0 saturated heterocycles. The van der Waals surface area contributed by atoms with E-state index < -0.39 is 5.97 Å². The van der Waals surface area contributed by atoms with Crippen molar-refractivity contribution >= 4 is 11.9 Å². The first-order chi connectivity index (χ1) is 9.90. The average Bonchev–Trinajstić information content (AvgIpc) is 2.85. The van der Waals surface area contributed by atoms with Crippen molar-refractivity contribution < 1.29 is 14.7 Å². The Labute approximate surface area is 126 Å². The highest BCUT2D eigenvalue weighted by Gasteiger charge is 2.25. The first-order valence-corrected chi connectivity index (χ1v) is 7.58. The number of carbonyl (C=O) groups is 2. The molecule has 21 heavy (non-hydrogen) atoms. The fourth-order valence-corrected chi connectivity index (χ4v) is 2.56. The summed E-state index contributed by atoms with van der Waals surface area (Å²) in [5, 5.41) is 8.93. The Kier molecular flexibility index (Phi) is 6.46. The maximum absolute atomic E-state index is 12.8. The van der Waals surface area contributed by atoms with Gasteiger partial charge in [0.05, 0.1) is 0 Å². The number of carboxylic acids is 1. The molecule has 0 bridgehead atoms. The molecule has 5 nitrogen and oxygen atoms in total. The van der Waals surface area contributed by atoms with E-state index in [4.69, 9.17) is 5.11 Å². The Morgan fingerprint density at radius 1 is 1.29 bits per heavy atom. The summed E-state index contributed by atoms with van der Waals surface area (Å²) in [7, 11) is 0. The molecule has 0 unspecified atom stereocenters. The summed E-state index contributed by atoms with van der Waals surface area (Å²) >= 11 is 0. The minimum absolute atomic E-state index is 0.0800. The Hall–Kier alpha value is -1.78. The first-order valence-electron chi connectivity index (χ1n) is 7.58. The normalized spacial score (nSPS) is 11.1. The van der Waals surface area contributed by atoms with Crippen molar-refractivity contribution in [3.8, 4) is 0 Å². The molecule has 0 aliphatic rings. The van der Waals surface area contributed by atoms with Gasteiger partial charge in [0.2, 0.25) is 0 Å². The second-order valence-corrected chi connectivity index (χ2v) is 5.74. The Morgan fingerprint density at radius 3 is 2.38 bits per heavy atom. The van der Waals surface area contributed by atoms with Gasteiger partial charge in [-0.1, -0.05) is 27.7 Å². The Morgan fingerprint density at radius 2 is 1.90 bits per heavy atom. The van der Waals surface area contributed by atoms with Crippen molar-refractivity contribution in [3.05, 3.63) is 24.0 Å². The van der Waals surface area contributed by atoms with Gasteiger partial charge < -0.3 is 14.6 Å². The standard InChI is InChI=1S/C16H26N2O3/c1-5-13(6-2)18(10-12(3)4)16(21)14-8-7-9-17(14)11-15(19)20/h7-9,12-13H,5-6,10-11H2,1-4H3,(H,19,20). The SMILES string of the molecule is CCC(CC)N(CC(C)C)C(=O)c1cccn1CC(=O)O. The molecule has 1 aromatic heterocycles. The van der Waals surface area contributed by atoms with E-state index in [1.54, 1.807) is 18.3 Å². The number of nitrogens with zero attached hydrogens (tertiary/aromatic N) is 2. The summed E-state index contributed by atoms with van der Waals surface area (Å²) in [4.78, 5) is 25.6. The molecule has 1 N–H and O–H groups in total. The van der Waals surface area contributed by atoms with Crippen LogP contribution in [0.3, 0.4) is 0 Å². The number of rotatable bonds is 8. The van der Waals surface area contributed by atoms with Crippen LogP contribution in [0.15, 0.2) is 18.3 Å². The maximum atomic E-state index is 12.8. The van der Waals surface area contributed by atoms with Crippen molar-refractivity contribution in [2.75, 3.05) is 6.54 Å². The molecule has 5 heteroatoms. The van der Waals surface area contributed by atoms with Crippen LogP contribution in [0.5, 0.6) is 0 Å². The number of amides is 1. The molecule has 1 aromatic rings. The van der Waals surface area contributed by atoms with Crippen LogP contribution in [0.2, 0.25) is 0 Å². The fourth-order valence-electron chi connectivity index (χ4n) is 2.56. The van der Waals surface area contributed by atoms with Gasteiger partial charge in [-0.05, 0) is 30.9 Å². The average molecular weight is 294 g/mol. The predicted molar refractivity (Wildman–Crippen MR) is 82.3 cm³/mol. The van der Waals surface area contributed by atoms with Gasteiger partial charge in [-0.15, -0.1) is 0 Å². The highest BCUT2D eigenvalue weighted by molar-refractivity contribution is 5.93. The minimum atomic E-state index is -0.946. The summed E-state index contributed by atoms with van der Waals surface area (Å²) in [6.07, 6.45) is 3.44. The molecule has 118 valence electrons. The molecule has 0 aliphatic carbocycles. The summed E-state index contributed by atoms with van der Waals surface area (Å²) in [6.45, 7) is 8.81. The van der Waals surface area contributed by atoms with Crippen LogP contribution < -0.4 is 0 Å². The summed E-state index contributed by atoms with van der Waals surface area (Å²) in [5.74, 6) is -0.653. The van der Waals surface area contributed by atoms with Crippen LogP contribution in [-0.2, 0) is 11.3 Å². The molecule has 0 spiro atoms. The van der Waals surface area contributed by atoms with E-state index in [1.165, 1.54) is 4.57 Å². The van der Waals surface area contributed by atoms with Crippen molar-refractivity contribution in [3.63, 3.8) is 0 Å². The smallest absolute Gasteiger partial charge is 0.323 e. The largest absolute Gasteiger partial charge is 0.480 e. The van der Waals surface area contributed by atoms with Crippen LogP contribution >= 0.6 is 0 Å². The molecule has 0 fully saturated rings. The number of carboxylic acid groups (broad SMARTS) is 1. The first kappa shape index (κ1) is 17.3. The van der Waals surface area contributed by atoms with E-state index in [-0.39, 0.29) is 18.5 Å². The van der Waals surface area contributed by atoms with E-state index in [1.807, 2.05) is 4.90 Å². The Bertz CT molecular complexity index is 476. The highest BCUT2D eigenvalue weighted by atomic mass is 16.4. The van der Waals surface area contributed by atoms with E-state index in [9.17, 15) is 9.59 Å². The highest BCUT2D eigenvalue weighted by Crippen LogP contribution is 2.16. The van der Waals surface area contributed by atoms with Gasteiger partial charge in [-0.3, -0.25) is 9.59 Å². The zero-order valence-electron chi connectivity index (χ0n) is 13.4. The number of aliphatic carboxylic acids is 1. The van der Waals surface area contributed by atoms with E-state index in [0.717, 1.165) is 12.8 Å². The third-order valence-electron chi connectivity index (χ3n) is 3.56. The molecular weight excluding hydrogens is 268 g/mol. The molecular formula is C16H26N2O3. The summed E-state index contributed by atoms with van der Waals surface area (Å²) < 4.78 is 1.50. The molecule has 0 atom stereocenters. The number of carbonyl (C=O) groups excluding carboxylic acids is 1. The topological polar surface area (TPSA) is 62.5 Å². The van der Waals surface area contributed by atoms with Crippen LogP contribution in [0.4, 0.5) is 0 Å². The second kappa shape index (κ2) is 7.86. The summed E-state index contributed by atoms with van der Waals surface area (Å²) in [6, 6.07) is 3.60. The third-order valence-corrected chi connectivity index (χ3v) is 3.56. The lowest BCUT2D eigenvalue weighted by Gasteiger charge is -2.32. The molecule has 0 aromatic carbocycles. The Balaban J connectivity index is 3.04. The van der Waals surface area contributed by atoms with Gasteiger partial charge in [0, 0.05) is 18.8 Å². The van der Waals surface area contributed by atoms with Crippen molar-refractivity contribution in [2.24, 2.45) is 5.92 Å². The fraction of sp³-hybridized carbons (Fsp3) is 0.625. The second-order valence-electron chi connectivity index (χ2n) is 5.74. The third kappa shape index (κ3) is 4.62. The summed E-state index contributed by atoms with van der Waals surface area (Å²) in [5.41, 5.74) is 0.449. The number of aromatic nitrogens is 1. The van der Waals surface area contributed by atoms with E-state index >= 15 is 0 Å². The van der Waals surface area contributed by atoms with Gasteiger partial charge in [0.25, 0.3) is 5.91 Å². The van der Waals surface area contributed by atoms with E-state index in [2.05, 4.69) is 27.7 Å². The number of hydrogen-bond donors (Lipinski definition) is 1. The van der Waals surface area contributed by atoms with Gasteiger partial charge >= 0.3 is 5.97 Å². The lowest BCUT2D eigenvalue weighted by molar-refractivity contribution is -0.137. The predicted octanol–water partition coefficient (Wildman–Crippen LogP) is 2.86. The molecule has 1 amide bonds. The van der Waals surface area contributed by atoms with Crippen LogP contribution in [-0.4, -0.2) is 39.0 Å². The van der Waals surface area contributed by atoms with Crippen molar-refractivity contribution in [1.29, 1.82) is 0 Å². The lowest BCUT2D eigenvalue weighted by atomic mass is 10.1. The minimum Gasteiger partial charge on any atom is -0.480 e. The zero-order valence-corrected chi connectivity index (χ0v) is 13.4. The molecule has 0 aliphatic heterocycles. The molecule has 0 saturated carbocycles. The van der Waals surface area contributed by atoms with Crippen molar-refractivity contribution in [2.45, 2.75) is 53.1 Å². The van der Waals surface area contributed by atoms with E-state index in [0.29, 0.717) is 18.2 Å².